The van der Waals surface area contributed by atoms with Gasteiger partial charge in [-0.2, -0.15) is 0 Å². The van der Waals surface area contributed by atoms with Crippen LogP contribution in [0.1, 0.15) is 36.5 Å². The molecule has 0 bridgehead atoms. The van der Waals surface area contributed by atoms with Crippen LogP contribution in [-0.4, -0.2) is 35.0 Å². The lowest BCUT2D eigenvalue weighted by Crippen LogP contribution is -3.11. The zero-order valence-corrected chi connectivity index (χ0v) is 15.9. The number of Topliss-reactive ketones (excluding diaryl/α,β-unsaturated/α-hetero) is 1. The number of rotatable bonds is 9. The van der Waals surface area contributed by atoms with E-state index in [0.717, 1.165) is 17.9 Å². The summed E-state index contributed by atoms with van der Waals surface area (Å²) in [5.41, 5.74) is 1.02. The highest BCUT2D eigenvalue weighted by molar-refractivity contribution is 6.03. The van der Waals surface area contributed by atoms with E-state index in [9.17, 15) is 9.59 Å². The lowest BCUT2D eigenvalue weighted by atomic mass is 10.1. The number of amides is 1. The highest BCUT2D eigenvalue weighted by Gasteiger charge is 2.20. The third kappa shape index (κ3) is 4.92. The zero-order chi connectivity index (χ0) is 19.9. The summed E-state index contributed by atoms with van der Waals surface area (Å²) in [6, 6.07) is 10.5. The van der Waals surface area contributed by atoms with E-state index in [-0.39, 0.29) is 18.2 Å². The first-order chi connectivity index (χ1) is 13.6. The molecule has 2 heterocycles. The summed E-state index contributed by atoms with van der Waals surface area (Å²) < 4.78 is 10.9. The number of aromatic nitrogens is 2. The van der Waals surface area contributed by atoms with Crippen molar-refractivity contribution in [1.82, 2.24) is 10.2 Å². The van der Waals surface area contributed by atoms with E-state index in [1.807, 2.05) is 6.92 Å². The number of carbonyl (C=O) groups excluding carboxylic acids is 2. The Hall–Kier alpha value is -3.26. The number of nitrogens with one attached hydrogen (secondary N) is 2. The van der Waals surface area contributed by atoms with Crippen molar-refractivity contribution in [2.75, 3.05) is 18.4 Å². The summed E-state index contributed by atoms with van der Waals surface area (Å²) in [6.07, 6.45) is 2.43. The molecule has 1 aromatic carbocycles. The van der Waals surface area contributed by atoms with Gasteiger partial charge in [-0.25, -0.2) is 0 Å². The molecular formula is C20H23N4O4+. The van der Waals surface area contributed by atoms with Crippen LogP contribution in [0.3, 0.4) is 0 Å². The van der Waals surface area contributed by atoms with Gasteiger partial charge < -0.3 is 19.1 Å². The summed E-state index contributed by atoms with van der Waals surface area (Å²) >= 11 is 0. The van der Waals surface area contributed by atoms with Crippen molar-refractivity contribution in [3.05, 3.63) is 54.1 Å². The quantitative estimate of drug-likeness (QED) is 0.548. The molecule has 0 spiro atoms. The van der Waals surface area contributed by atoms with Crippen LogP contribution in [0.25, 0.3) is 11.7 Å². The summed E-state index contributed by atoms with van der Waals surface area (Å²) in [5.74, 6) is 0.991. The lowest BCUT2D eigenvalue weighted by molar-refractivity contribution is -0.907. The standard InChI is InChI=1S/C20H22N4O4/c1-3-10-24(13-19-22-23-20(28-19)17-9-6-11-27-17)12-18(26)21-16-8-5-4-7-15(16)14(2)25/h4-9,11H,3,10,12-13H2,1-2H3,(H,21,26)/p+1. The maximum absolute atomic E-state index is 12.5. The number of hydrogen-bond acceptors (Lipinski definition) is 6. The second-order valence-electron chi connectivity index (χ2n) is 6.48. The molecule has 0 aliphatic heterocycles. The lowest BCUT2D eigenvalue weighted by Gasteiger charge is -2.17. The Labute approximate surface area is 162 Å². The fourth-order valence-corrected chi connectivity index (χ4v) is 2.95. The van der Waals surface area contributed by atoms with Gasteiger partial charge in [-0.05, 0) is 37.6 Å². The van der Waals surface area contributed by atoms with Crippen molar-refractivity contribution in [1.29, 1.82) is 0 Å². The normalized spacial score (nSPS) is 11.9. The second kappa shape index (κ2) is 9.09. The summed E-state index contributed by atoms with van der Waals surface area (Å²) in [7, 11) is 0. The second-order valence-corrected chi connectivity index (χ2v) is 6.48. The van der Waals surface area contributed by atoms with Crippen molar-refractivity contribution in [3.8, 4) is 11.7 Å². The SMILES string of the molecule is CCC[NH+](CC(=O)Nc1ccccc1C(C)=O)Cc1nnc(-c2ccco2)o1. The Morgan fingerprint density at radius 1 is 1.14 bits per heavy atom. The number of benzene rings is 1. The number of hydrogen-bond donors (Lipinski definition) is 2. The van der Waals surface area contributed by atoms with Gasteiger partial charge in [0.05, 0.1) is 18.5 Å². The average Bonchev–Trinajstić information content (AvgIpc) is 3.33. The number of nitrogens with zero attached hydrogens (tertiary/aromatic N) is 2. The van der Waals surface area contributed by atoms with Crippen LogP contribution >= 0.6 is 0 Å². The molecule has 0 aliphatic rings. The fourth-order valence-electron chi connectivity index (χ4n) is 2.95. The minimum Gasteiger partial charge on any atom is -0.459 e. The summed E-state index contributed by atoms with van der Waals surface area (Å²) in [4.78, 5) is 25.2. The topological polar surface area (TPSA) is 103 Å². The van der Waals surface area contributed by atoms with Gasteiger partial charge in [0.2, 0.25) is 0 Å². The largest absolute Gasteiger partial charge is 0.459 e. The number of para-hydroxylation sites is 1. The summed E-state index contributed by atoms with van der Waals surface area (Å²) in [5, 5.41) is 10.9. The molecule has 1 atom stereocenters. The molecule has 2 aromatic heterocycles. The minimum absolute atomic E-state index is 0.0926. The molecule has 28 heavy (non-hydrogen) atoms. The molecule has 0 saturated heterocycles. The predicted octanol–water partition coefficient (Wildman–Crippen LogP) is 1.97. The zero-order valence-electron chi connectivity index (χ0n) is 15.9. The van der Waals surface area contributed by atoms with E-state index in [0.29, 0.717) is 35.3 Å². The number of anilines is 1. The van der Waals surface area contributed by atoms with Crippen LogP contribution in [0.4, 0.5) is 5.69 Å². The first-order valence-corrected chi connectivity index (χ1v) is 9.16. The van der Waals surface area contributed by atoms with Crippen molar-refractivity contribution in [3.63, 3.8) is 0 Å². The first kappa shape index (κ1) is 19.5. The molecule has 8 heteroatoms. The van der Waals surface area contributed by atoms with Gasteiger partial charge in [0.15, 0.2) is 24.6 Å². The van der Waals surface area contributed by atoms with Crippen LogP contribution in [0.15, 0.2) is 51.5 Å². The van der Waals surface area contributed by atoms with Gasteiger partial charge >= 0.3 is 0 Å². The van der Waals surface area contributed by atoms with Gasteiger partial charge in [0.25, 0.3) is 17.7 Å². The molecule has 3 rings (SSSR count). The molecule has 1 unspecified atom stereocenters. The van der Waals surface area contributed by atoms with E-state index in [1.54, 1.807) is 36.4 Å². The van der Waals surface area contributed by atoms with Gasteiger partial charge in [0, 0.05) is 5.56 Å². The molecular weight excluding hydrogens is 360 g/mol. The Morgan fingerprint density at radius 2 is 1.96 bits per heavy atom. The summed E-state index contributed by atoms with van der Waals surface area (Å²) in [6.45, 7) is 4.93. The molecule has 1 amide bonds. The molecule has 0 saturated carbocycles. The van der Waals surface area contributed by atoms with Crippen LogP contribution in [0, 0.1) is 0 Å². The number of ketones is 1. The Bertz CT molecular complexity index is 933. The third-order valence-electron chi connectivity index (χ3n) is 4.19. The molecule has 8 nitrogen and oxygen atoms in total. The van der Waals surface area contributed by atoms with Crippen LogP contribution in [0.2, 0.25) is 0 Å². The van der Waals surface area contributed by atoms with Gasteiger partial charge in [-0.3, -0.25) is 9.59 Å². The van der Waals surface area contributed by atoms with Gasteiger partial charge in [-0.1, -0.05) is 19.1 Å². The van der Waals surface area contributed by atoms with Crippen LogP contribution < -0.4 is 10.2 Å². The molecule has 2 N–H and O–H groups in total. The minimum atomic E-state index is -0.178. The van der Waals surface area contributed by atoms with E-state index in [4.69, 9.17) is 8.83 Å². The maximum atomic E-state index is 12.5. The van der Waals surface area contributed by atoms with Crippen LogP contribution in [0.5, 0.6) is 0 Å². The van der Waals surface area contributed by atoms with E-state index >= 15 is 0 Å². The van der Waals surface area contributed by atoms with E-state index in [2.05, 4.69) is 15.5 Å². The highest BCUT2D eigenvalue weighted by Crippen LogP contribution is 2.17. The van der Waals surface area contributed by atoms with Crippen molar-refractivity contribution in [2.24, 2.45) is 0 Å². The van der Waals surface area contributed by atoms with Crippen molar-refractivity contribution in [2.45, 2.75) is 26.8 Å². The Morgan fingerprint density at radius 3 is 2.68 bits per heavy atom. The smallest absolute Gasteiger partial charge is 0.283 e. The van der Waals surface area contributed by atoms with Crippen molar-refractivity contribution >= 4 is 17.4 Å². The molecule has 0 aliphatic carbocycles. The van der Waals surface area contributed by atoms with E-state index < -0.39 is 0 Å². The highest BCUT2D eigenvalue weighted by atomic mass is 16.4. The average molecular weight is 383 g/mol. The van der Waals surface area contributed by atoms with Gasteiger partial charge in [0.1, 0.15) is 0 Å². The molecule has 0 radical (unpaired) electrons. The Kier molecular flexibility index (Phi) is 6.33. The third-order valence-corrected chi connectivity index (χ3v) is 4.19. The Balaban J connectivity index is 1.64. The fraction of sp³-hybridized carbons (Fsp3) is 0.300. The van der Waals surface area contributed by atoms with Gasteiger partial charge in [-0.15, -0.1) is 10.2 Å². The number of quaternary nitrogens is 1. The first-order valence-electron chi connectivity index (χ1n) is 9.16. The number of carbonyl (C=O) groups is 2. The number of furan rings is 1. The molecule has 0 fully saturated rings. The van der Waals surface area contributed by atoms with Crippen LogP contribution in [-0.2, 0) is 11.3 Å². The monoisotopic (exact) mass is 383 g/mol. The van der Waals surface area contributed by atoms with E-state index in [1.165, 1.54) is 13.2 Å². The maximum Gasteiger partial charge on any atom is 0.283 e. The van der Waals surface area contributed by atoms with Crippen molar-refractivity contribution < 1.29 is 23.3 Å². The molecule has 146 valence electrons. The molecule has 3 aromatic rings. The predicted molar refractivity (Wildman–Crippen MR) is 102 cm³/mol.